The van der Waals surface area contributed by atoms with Crippen LogP contribution < -0.4 is 0 Å². The monoisotopic (exact) mass is 155 g/mol. The molecule has 0 radical (unpaired) electrons. The number of nitrogens with zero attached hydrogens (tertiary/aromatic N) is 1. The standard InChI is InChI=1S/C8H15N.C2H6/c1-3-9-6-4-8(2)5-7-9;1-2/h4,6,8H,3,5,7H2,1-2H3;1-2H3. The first-order valence-electron chi connectivity index (χ1n) is 4.75. The second-order valence-corrected chi connectivity index (χ2v) is 2.74. The number of rotatable bonds is 1. The summed E-state index contributed by atoms with van der Waals surface area (Å²) in [6, 6.07) is 0. The van der Waals surface area contributed by atoms with Gasteiger partial charge in [0.25, 0.3) is 0 Å². The van der Waals surface area contributed by atoms with Crippen molar-refractivity contribution in [1.82, 2.24) is 4.90 Å². The van der Waals surface area contributed by atoms with Crippen molar-refractivity contribution < 1.29 is 0 Å². The Kier molecular flexibility index (Phi) is 6.00. The third-order valence-corrected chi connectivity index (χ3v) is 1.90. The van der Waals surface area contributed by atoms with Crippen molar-refractivity contribution in [2.24, 2.45) is 5.92 Å². The fourth-order valence-electron chi connectivity index (χ4n) is 1.07. The van der Waals surface area contributed by atoms with Gasteiger partial charge in [-0.2, -0.15) is 0 Å². The Morgan fingerprint density at radius 1 is 1.45 bits per heavy atom. The molecular weight excluding hydrogens is 134 g/mol. The van der Waals surface area contributed by atoms with Gasteiger partial charge in [-0.3, -0.25) is 0 Å². The van der Waals surface area contributed by atoms with Crippen LogP contribution in [0, 0.1) is 5.92 Å². The van der Waals surface area contributed by atoms with E-state index in [9.17, 15) is 0 Å². The summed E-state index contributed by atoms with van der Waals surface area (Å²) in [4.78, 5) is 2.35. The van der Waals surface area contributed by atoms with Gasteiger partial charge in [-0.15, -0.1) is 0 Å². The highest BCUT2D eigenvalue weighted by Crippen LogP contribution is 2.11. The molecule has 1 atom stereocenters. The quantitative estimate of drug-likeness (QED) is 0.563. The Morgan fingerprint density at radius 2 is 2.09 bits per heavy atom. The number of allylic oxidation sites excluding steroid dienone is 1. The molecule has 66 valence electrons. The first-order valence-corrected chi connectivity index (χ1v) is 4.75. The van der Waals surface area contributed by atoms with Crippen LogP contribution in [0.25, 0.3) is 0 Å². The molecule has 0 spiro atoms. The van der Waals surface area contributed by atoms with E-state index in [-0.39, 0.29) is 0 Å². The van der Waals surface area contributed by atoms with Crippen LogP contribution >= 0.6 is 0 Å². The molecule has 0 saturated carbocycles. The lowest BCUT2D eigenvalue weighted by Crippen LogP contribution is -2.23. The summed E-state index contributed by atoms with van der Waals surface area (Å²) in [7, 11) is 0. The smallest absolute Gasteiger partial charge is 0.0177 e. The second kappa shape index (κ2) is 6.26. The minimum absolute atomic E-state index is 0.799. The summed E-state index contributed by atoms with van der Waals surface area (Å²) in [5, 5.41) is 0. The average Bonchev–Trinajstić information content (AvgIpc) is 2.10. The SMILES string of the molecule is CC.CCN1C=CC(C)CC1. The highest BCUT2D eigenvalue weighted by atomic mass is 15.1. The molecule has 0 aliphatic carbocycles. The molecule has 1 rings (SSSR count). The summed E-state index contributed by atoms with van der Waals surface area (Å²) >= 11 is 0. The van der Waals surface area contributed by atoms with Crippen LogP contribution in [0.5, 0.6) is 0 Å². The normalized spacial score (nSPS) is 22.5. The summed E-state index contributed by atoms with van der Waals surface area (Å²) in [5.41, 5.74) is 0. The predicted octanol–water partition coefficient (Wildman–Crippen LogP) is 2.89. The van der Waals surface area contributed by atoms with Crippen LogP contribution in [0.2, 0.25) is 0 Å². The fraction of sp³-hybridized carbons (Fsp3) is 0.800. The molecule has 0 fully saturated rings. The Balaban J connectivity index is 0.000000461. The Morgan fingerprint density at radius 3 is 2.45 bits per heavy atom. The third kappa shape index (κ3) is 4.07. The van der Waals surface area contributed by atoms with E-state index in [1.807, 2.05) is 13.8 Å². The molecule has 0 aromatic rings. The maximum atomic E-state index is 2.35. The molecule has 0 aromatic heterocycles. The van der Waals surface area contributed by atoms with Gasteiger partial charge >= 0.3 is 0 Å². The highest BCUT2D eigenvalue weighted by Gasteiger charge is 2.05. The lowest BCUT2D eigenvalue weighted by molar-refractivity contribution is 0.345. The van der Waals surface area contributed by atoms with Gasteiger partial charge in [0.15, 0.2) is 0 Å². The van der Waals surface area contributed by atoms with Crippen molar-refractivity contribution in [1.29, 1.82) is 0 Å². The molecule has 1 aliphatic heterocycles. The summed E-state index contributed by atoms with van der Waals surface area (Å²) in [6.45, 7) is 10.9. The molecule has 1 aliphatic rings. The summed E-state index contributed by atoms with van der Waals surface area (Å²) < 4.78 is 0. The zero-order valence-corrected chi connectivity index (χ0v) is 8.30. The third-order valence-electron chi connectivity index (χ3n) is 1.90. The average molecular weight is 155 g/mol. The van der Waals surface area contributed by atoms with Crippen molar-refractivity contribution in [3.8, 4) is 0 Å². The molecule has 1 nitrogen and oxygen atoms in total. The first kappa shape index (κ1) is 10.5. The molecule has 0 N–H and O–H groups in total. The van der Waals surface area contributed by atoms with E-state index in [4.69, 9.17) is 0 Å². The second-order valence-electron chi connectivity index (χ2n) is 2.74. The molecule has 0 aromatic carbocycles. The Bertz CT molecular complexity index is 107. The van der Waals surface area contributed by atoms with E-state index in [1.54, 1.807) is 0 Å². The minimum atomic E-state index is 0.799. The van der Waals surface area contributed by atoms with E-state index in [2.05, 4.69) is 31.0 Å². The summed E-state index contributed by atoms with van der Waals surface area (Å²) in [6.07, 6.45) is 5.82. The van der Waals surface area contributed by atoms with E-state index >= 15 is 0 Å². The van der Waals surface area contributed by atoms with Crippen molar-refractivity contribution in [2.75, 3.05) is 13.1 Å². The van der Waals surface area contributed by atoms with Crippen LogP contribution in [-0.2, 0) is 0 Å². The molecule has 0 saturated heterocycles. The topological polar surface area (TPSA) is 3.24 Å². The van der Waals surface area contributed by atoms with Gasteiger partial charge in [0.1, 0.15) is 0 Å². The molecular formula is C10H21N. The van der Waals surface area contributed by atoms with Gasteiger partial charge in [0, 0.05) is 13.1 Å². The molecule has 1 heterocycles. The Hall–Kier alpha value is -0.460. The van der Waals surface area contributed by atoms with Crippen LogP contribution in [0.3, 0.4) is 0 Å². The lowest BCUT2D eigenvalue weighted by atomic mass is 10.1. The van der Waals surface area contributed by atoms with Crippen molar-refractivity contribution >= 4 is 0 Å². The highest BCUT2D eigenvalue weighted by molar-refractivity contribution is 4.91. The van der Waals surface area contributed by atoms with E-state index in [0.29, 0.717) is 0 Å². The van der Waals surface area contributed by atoms with Gasteiger partial charge in [-0.1, -0.05) is 26.8 Å². The fourth-order valence-corrected chi connectivity index (χ4v) is 1.07. The van der Waals surface area contributed by atoms with Crippen LogP contribution in [0.1, 0.15) is 34.1 Å². The van der Waals surface area contributed by atoms with Gasteiger partial charge < -0.3 is 4.90 Å². The van der Waals surface area contributed by atoms with Crippen LogP contribution in [-0.4, -0.2) is 18.0 Å². The van der Waals surface area contributed by atoms with Crippen LogP contribution in [0.4, 0.5) is 0 Å². The van der Waals surface area contributed by atoms with Gasteiger partial charge in [-0.05, 0) is 25.5 Å². The summed E-state index contributed by atoms with van der Waals surface area (Å²) in [5.74, 6) is 0.799. The number of hydrogen-bond donors (Lipinski definition) is 0. The van der Waals surface area contributed by atoms with E-state index < -0.39 is 0 Å². The maximum Gasteiger partial charge on any atom is 0.0177 e. The van der Waals surface area contributed by atoms with E-state index in [0.717, 1.165) is 12.5 Å². The maximum absolute atomic E-state index is 2.35. The zero-order valence-electron chi connectivity index (χ0n) is 8.30. The van der Waals surface area contributed by atoms with Gasteiger partial charge in [0.05, 0.1) is 0 Å². The molecule has 0 bridgehead atoms. The van der Waals surface area contributed by atoms with Gasteiger partial charge in [-0.25, -0.2) is 0 Å². The molecule has 1 unspecified atom stereocenters. The molecule has 0 amide bonds. The first-order chi connectivity index (χ1) is 5.33. The molecule has 11 heavy (non-hydrogen) atoms. The predicted molar refractivity (Wildman–Crippen MR) is 51.5 cm³/mol. The largest absolute Gasteiger partial charge is 0.378 e. The van der Waals surface area contributed by atoms with Crippen molar-refractivity contribution in [3.05, 3.63) is 12.3 Å². The minimum Gasteiger partial charge on any atom is -0.378 e. The van der Waals surface area contributed by atoms with E-state index in [1.165, 1.54) is 13.0 Å². The lowest BCUT2D eigenvalue weighted by Gasteiger charge is -2.24. The van der Waals surface area contributed by atoms with Crippen LogP contribution in [0.15, 0.2) is 12.3 Å². The zero-order chi connectivity index (χ0) is 8.69. The van der Waals surface area contributed by atoms with Gasteiger partial charge in [0.2, 0.25) is 0 Å². The van der Waals surface area contributed by atoms with Crippen molar-refractivity contribution in [2.45, 2.75) is 34.1 Å². The van der Waals surface area contributed by atoms with Crippen molar-refractivity contribution in [3.63, 3.8) is 0 Å². The molecule has 1 heteroatoms. The number of hydrogen-bond acceptors (Lipinski definition) is 1. The Labute approximate surface area is 71.1 Å².